The second-order valence-corrected chi connectivity index (χ2v) is 9.53. The number of ether oxygens (including phenoxy) is 1. The third-order valence-corrected chi connectivity index (χ3v) is 7.26. The first-order valence-corrected chi connectivity index (χ1v) is 11.1. The Balaban J connectivity index is 1.63. The Morgan fingerprint density at radius 1 is 1.20 bits per heavy atom. The van der Waals surface area contributed by atoms with Crippen molar-refractivity contribution < 1.29 is 14.6 Å². The summed E-state index contributed by atoms with van der Waals surface area (Å²) in [5.41, 5.74) is 5.85. The van der Waals surface area contributed by atoms with Crippen molar-refractivity contribution >= 4 is 11.6 Å². The molecular weight excluding hydrogens is 374 g/mol. The highest BCUT2D eigenvalue weighted by atomic mass is 16.5. The number of benzene rings is 1. The van der Waals surface area contributed by atoms with E-state index in [9.17, 15) is 9.90 Å². The molecule has 0 bridgehead atoms. The van der Waals surface area contributed by atoms with E-state index in [-0.39, 0.29) is 17.2 Å². The zero-order valence-corrected chi connectivity index (χ0v) is 18.5. The fourth-order valence-electron chi connectivity index (χ4n) is 5.51. The van der Waals surface area contributed by atoms with Crippen LogP contribution in [0.3, 0.4) is 0 Å². The first-order chi connectivity index (χ1) is 14.3. The molecular formula is C26H33NO3. The Kier molecular flexibility index (Phi) is 5.63. The van der Waals surface area contributed by atoms with Crippen molar-refractivity contribution in [2.75, 3.05) is 12.4 Å². The van der Waals surface area contributed by atoms with Gasteiger partial charge in [-0.3, -0.25) is 4.79 Å². The number of allylic oxidation sites excluding steroid dienone is 4. The fraction of sp³-hybridized carbons (Fsp3) is 0.500. The highest BCUT2D eigenvalue weighted by Gasteiger charge is 2.46. The molecule has 0 heterocycles. The van der Waals surface area contributed by atoms with Crippen LogP contribution in [0.4, 0.5) is 5.69 Å². The van der Waals surface area contributed by atoms with Crippen LogP contribution in [-0.2, 0) is 4.79 Å². The first kappa shape index (κ1) is 20.9. The zero-order valence-electron chi connectivity index (χ0n) is 18.5. The van der Waals surface area contributed by atoms with Gasteiger partial charge in [0, 0.05) is 23.6 Å². The van der Waals surface area contributed by atoms with Crippen LogP contribution in [-0.4, -0.2) is 24.2 Å². The third kappa shape index (κ3) is 3.74. The molecule has 1 aromatic rings. The van der Waals surface area contributed by atoms with Crippen LogP contribution in [0.2, 0.25) is 0 Å². The van der Waals surface area contributed by atoms with Gasteiger partial charge in [-0.25, -0.2) is 0 Å². The predicted molar refractivity (Wildman–Crippen MR) is 120 cm³/mol. The van der Waals surface area contributed by atoms with Gasteiger partial charge in [0.25, 0.3) is 5.91 Å². The summed E-state index contributed by atoms with van der Waals surface area (Å²) in [7, 11) is 1.62. The number of nitrogens with one attached hydrogen (secondary N) is 1. The average molecular weight is 408 g/mol. The van der Waals surface area contributed by atoms with Crippen molar-refractivity contribution in [3.05, 3.63) is 58.7 Å². The third-order valence-electron chi connectivity index (χ3n) is 7.26. The number of hydrogen-bond donors (Lipinski definition) is 2. The van der Waals surface area contributed by atoms with Gasteiger partial charge in [-0.15, -0.1) is 0 Å². The van der Waals surface area contributed by atoms with Crippen LogP contribution in [0.5, 0.6) is 5.75 Å². The number of methoxy groups -OCH3 is 1. The molecule has 0 aromatic heterocycles. The van der Waals surface area contributed by atoms with Gasteiger partial charge < -0.3 is 15.2 Å². The Bertz CT molecular complexity index is 922. The number of amides is 1. The van der Waals surface area contributed by atoms with Crippen LogP contribution in [0.1, 0.15) is 52.9 Å². The number of fused-ring (bicyclic) bond motifs is 3. The second-order valence-electron chi connectivity index (χ2n) is 9.53. The van der Waals surface area contributed by atoms with Gasteiger partial charge in [0.2, 0.25) is 0 Å². The topological polar surface area (TPSA) is 58.6 Å². The molecule has 1 amide bonds. The summed E-state index contributed by atoms with van der Waals surface area (Å²) >= 11 is 0. The minimum atomic E-state index is -0.530. The maximum atomic E-state index is 12.9. The van der Waals surface area contributed by atoms with Crippen LogP contribution in [0.15, 0.2) is 58.7 Å². The number of hydrogen-bond acceptors (Lipinski definition) is 3. The standard InChI is InChI=1S/C26H33NO3/c1-16(2)20-11-13-26(3)14-12-21-22(24(20)26)10-5-17(15-23(21)28)25(29)27-18-6-8-19(30-4)9-7-18/h5-10,16,21,23,28H,11-15H2,1-4H3,(H,27,29)/t21-,23?,26-/m1/s1. The van der Waals surface area contributed by atoms with Crippen LogP contribution in [0.25, 0.3) is 0 Å². The summed E-state index contributed by atoms with van der Waals surface area (Å²) in [5.74, 6) is 1.23. The molecule has 2 N–H and O–H groups in total. The van der Waals surface area contributed by atoms with E-state index in [1.165, 1.54) is 17.6 Å². The fourth-order valence-corrected chi connectivity index (χ4v) is 5.51. The molecule has 1 aromatic carbocycles. The zero-order chi connectivity index (χ0) is 21.5. The summed E-state index contributed by atoms with van der Waals surface area (Å²) in [5, 5.41) is 14.0. The molecule has 160 valence electrons. The molecule has 1 saturated carbocycles. The quantitative estimate of drug-likeness (QED) is 0.701. The molecule has 1 unspecified atom stereocenters. The van der Waals surface area contributed by atoms with E-state index in [0.29, 0.717) is 17.9 Å². The maximum Gasteiger partial charge on any atom is 0.251 e. The molecule has 3 aliphatic carbocycles. The van der Waals surface area contributed by atoms with Crippen LogP contribution < -0.4 is 10.1 Å². The number of carbonyl (C=O) groups is 1. The van der Waals surface area contributed by atoms with E-state index < -0.39 is 6.10 Å². The molecule has 4 heteroatoms. The largest absolute Gasteiger partial charge is 0.497 e. The van der Waals surface area contributed by atoms with Crippen molar-refractivity contribution in [3.63, 3.8) is 0 Å². The number of aliphatic hydroxyl groups is 1. The SMILES string of the molecule is COc1ccc(NC(=O)C2=CC=C3C4=C(C(C)C)CC[C@]4(C)CC[C@H]3C(O)C2)cc1. The predicted octanol–water partition coefficient (Wildman–Crippen LogP) is 5.41. The molecule has 0 spiro atoms. The van der Waals surface area contributed by atoms with E-state index in [4.69, 9.17) is 4.74 Å². The van der Waals surface area contributed by atoms with E-state index in [0.717, 1.165) is 30.7 Å². The summed E-state index contributed by atoms with van der Waals surface area (Å²) in [6.45, 7) is 6.93. The minimum Gasteiger partial charge on any atom is -0.497 e. The Morgan fingerprint density at radius 3 is 2.60 bits per heavy atom. The molecule has 3 atom stereocenters. The highest BCUT2D eigenvalue weighted by Crippen LogP contribution is 2.57. The number of aliphatic hydroxyl groups excluding tert-OH is 1. The second kappa shape index (κ2) is 8.07. The molecule has 4 nitrogen and oxygen atoms in total. The average Bonchev–Trinajstić information content (AvgIpc) is 2.99. The number of rotatable bonds is 4. The lowest BCUT2D eigenvalue weighted by molar-refractivity contribution is -0.113. The van der Waals surface area contributed by atoms with Gasteiger partial charge in [-0.1, -0.05) is 38.5 Å². The summed E-state index contributed by atoms with van der Waals surface area (Å²) in [6, 6.07) is 7.30. The summed E-state index contributed by atoms with van der Waals surface area (Å²) in [4.78, 5) is 12.9. The Morgan fingerprint density at radius 2 is 1.93 bits per heavy atom. The molecule has 0 radical (unpaired) electrons. The summed E-state index contributed by atoms with van der Waals surface area (Å²) in [6.07, 6.45) is 8.37. The first-order valence-electron chi connectivity index (χ1n) is 11.1. The van der Waals surface area contributed by atoms with Gasteiger partial charge in [-0.05, 0) is 72.4 Å². The molecule has 0 aliphatic heterocycles. The van der Waals surface area contributed by atoms with E-state index in [2.05, 4.69) is 32.2 Å². The monoisotopic (exact) mass is 407 g/mol. The lowest BCUT2D eigenvalue weighted by Gasteiger charge is -2.41. The summed E-state index contributed by atoms with van der Waals surface area (Å²) < 4.78 is 5.17. The Labute approximate surface area is 179 Å². The van der Waals surface area contributed by atoms with Crippen LogP contribution in [0, 0.1) is 17.3 Å². The maximum absolute atomic E-state index is 12.9. The number of anilines is 1. The number of carbonyl (C=O) groups excluding carboxylic acids is 1. The van der Waals surface area contributed by atoms with E-state index in [1.54, 1.807) is 12.7 Å². The van der Waals surface area contributed by atoms with Crippen molar-refractivity contribution in [3.8, 4) is 5.75 Å². The molecule has 4 rings (SSSR count). The van der Waals surface area contributed by atoms with Gasteiger partial charge in [0.1, 0.15) is 5.75 Å². The lowest BCUT2D eigenvalue weighted by atomic mass is 9.64. The van der Waals surface area contributed by atoms with Crippen molar-refractivity contribution in [2.45, 2.75) is 59.0 Å². The van der Waals surface area contributed by atoms with Gasteiger partial charge >= 0.3 is 0 Å². The van der Waals surface area contributed by atoms with Gasteiger partial charge in [-0.2, -0.15) is 0 Å². The molecule has 1 fully saturated rings. The Hall–Kier alpha value is -2.33. The van der Waals surface area contributed by atoms with Crippen molar-refractivity contribution in [1.82, 2.24) is 0 Å². The normalized spacial score (nSPS) is 28.3. The van der Waals surface area contributed by atoms with Crippen molar-refractivity contribution in [1.29, 1.82) is 0 Å². The molecule has 3 aliphatic rings. The molecule has 0 saturated heterocycles. The van der Waals surface area contributed by atoms with E-state index >= 15 is 0 Å². The minimum absolute atomic E-state index is 0.113. The highest BCUT2D eigenvalue weighted by molar-refractivity contribution is 6.04. The van der Waals surface area contributed by atoms with E-state index in [1.807, 2.05) is 30.3 Å². The van der Waals surface area contributed by atoms with Gasteiger partial charge in [0.05, 0.1) is 13.2 Å². The van der Waals surface area contributed by atoms with Gasteiger partial charge in [0.15, 0.2) is 0 Å². The molecule has 30 heavy (non-hydrogen) atoms. The smallest absolute Gasteiger partial charge is 0.251 e. The lowest BCUT2D eigenvalue weighted by Crippen LogP contribution is -2.33. The van der Waals surface area contributed by atoms with Crippen LogP contribution >= 0.6 is 0 Å². The van der Waals surface area contributed by atoms with Crippen molar-refractivity contribution in [2.24, 2.45) is 17.3 Å².